The molecule has 0 bridgehead atoms. The fraction of sp³-hybridized carbons (Fsp3) is 0.939. The summed E-state index contributed by atoms with van der Waals surface area (Å²) in [5.74, 6) is 0. The van der Waals surface area contributed by atoms with Crippen LogP contribution in [0.3, 0.4) is 0 Å². The molecule has 0 saturated carbocycles. The Bertz CT molecular complexity index is 467. The molecule has 0 aliphatic heterocycles. The second-order valence-electron chi connectivity index (χ2n) is 10.2. The molecule has 0 aromatic heterocycles. The number of rotatable bonds is 38. The molecule has 0 amide bonds. The lowest BCUT2D eigenvalue weighted by Crippen LogP contribution is -2.15. The van der Waals surface area contributed by atoms with Crippen molar-refractivity contribution in [3.63, 3.8) is 0 Å². The smallest absolute Gasteiger partial charge is 0.0704 e. The van der Waals surface area contributed by atoms with Gasteiger partial charge in [-0.15, -0.1) is 6.58 Å². The molecule has 8 heteroatoms. The quantitative estimate of drug-likeness (QED) is 0.0575. The molecule has 0 aromatic rings. The van der Waals surface area contributed by atoms with Crippen molar-refractivity contribution >= 4 is 0 Å². The lowest BCUT2D eigenvalue weighted by atomic mass is 10.0. The first-order chi connectivity index (χ1) is 20.4. The molecule has 0 rings (SSSR count). The van der Waals surface area contributed by atoms with E-state index in [9.17, 15) is 0 Å². The Labute approximate surface area is 253 Å². The maximum atomic E-state index is 5.67. The largest absolute Gasteiger partial charge is 0.379 e. The average Bonchev–Trinajstić information content (AvgIpc) is 2.98. The van der Waals surface area contributed by atoms with E-state index in [0.29, 0.717) is 99.1 Å². The van der Waals surface area contributed by atoms with Crippen molar-refractivity contribution in [3.8, 4) is 0 Å². The lowest BCUT2D eigenvalue weighted by molar-refractivity contribution is -0.0226. The minimum absolute atomic E-state index is 0.544. The van der Waals surface area contributed by atoms with E-state index in [0.717, 1.165) is 13.0 Å². The molecule has 0 heterocycles. The van der Waals surface area contributed by atoms with Gasteiger partial charge in [0.1, 0.15) is 0 Å². The van der Waals surface area contributed by atoms with E-state index in [2.05, 4.69) is 13.5 Å². The van der Waals surface area contributed by atoms with E-state index < -0.39 is 0 Å². The Hall–Kier alpha value is -0.580. The normalized spacial score (nSPS) is 11.4. The topological polar surface area (TPSA) is 73.8 Å². The van der Waals surface area contributed by atoms with E-state index in [1.807, 2.05) is 0 Å². The monoisotopic (exact) mass is 590 g/mol. The Kier molecular flexibility index (Phi) is 38.9. The third kappa shape index (κ3) is 39.4. The van der Waals surface area contributed by atoms with Gasteiger partial charge >= 0.3 is 0 Å². The molecule has 0 atom stereocenters. The zero-order valence-corrected chi connectivity index (χ0v) is 26.8. The highest BCUT2D eigenvalue weighted by Gasteiger charge is 1.97. The summed E-state index contributed by atoms with van der Waals surface area (Å²) in [7, 11) is 0. The van der Waals surface area contributed by atoms with Crippen LogP contribution in [0.1, 0.15) is 96.8 Å². The molecule has 0 fully saturated rings. The minimum atomic E-state index is 0.544. The van der Waals surface area contributed by atoms with Crippen LogP contribution in [0.5, 0.6) is 0 Å². The fourth-order valence-electron chi connectivity index (χ4n) is 4.10. The van der Waals surface area contributed by atoms with Gasteiger partial charge in [-0.05, 0) is 6.42 Å². The summed E-state index contributed by atoms with van der Waals surface area (Å²) in [4.78, 5) is 0. The summed E-state index contributed by atoms with van der Waals surface area (Å²) in [5.41, 5.74) is 0. The first kappa shape index (κ1) is 40.4. The molecule has 246 valence electrons. The number of hydrogen-bond acceptors (Lipinski definition) is 8. The van der Waals surface area contributed by atoms with Crippen LogP contribution in [0.4, 0.5) is 0 Å². The Morgan fingerprint density at radius 1 is 0.317 bits per heavy atom. The second kappa shape index (κ2) is 39.4. The summed E-state index contributed by atoms with van der Waals surface area (Å²) in [6.45, 7) is 15.2. The fourth-order valence-corrected chi connectivity index (χ4v) is 4.10. The van der Waals surface area contributed by atoms with Crippen molar-refractivity contribution in [1.29, 1.82) is 0 Å². The van der Waals surface area contributed by atoms with Crippen LogP contribution >= 0.6 is 0 Å². The maximum Gasteiger partial charge on any atom is 0.0704 e. The summed E-state index contributed by atoms with van der Waals surface area (Å²) >= 11 is 0. The zero-order chi connectivity index (χ0) is 29.6. The summed E-state index contributed by atoms with van der Waals surface area (Å²) < 4.78 is 43.7. The number of unbranched alkanes of at least 4 members (excludes halogenated alkanes) is 13. The predicted molar refractivity (Wildman–Crippen MR) is 167 cm³/mol. The van der Waals surface area contributed by atoms with Gasteiger partial charge in [-0.3, -0.25) is 0 Å². The Morgan fingerprint density at radius 2 is 0.561 bits per heavy atom. The Balaban J connectivity index is 3.02. The highest BCUT2D eigenvalue weighted by Crippen LogP contribution is 2.12. The van der Waals surface area contributed by atoms with Crippen LogP contribution in [-0.4, -0.2) is 106 Å². The number of ether oxygens (including phenoxy) is 8. The van der Waals surface area contributed by atoms with Crippen LogP contribution in [0.2, 0.25) is 0 Å². The highest BCUT2D eigenvalue weighted by molar-refractivity contribution is 4.63. The summed E-state index contributed by atoms with van der Waals surface area (Å²) in [6, 6.07) is 0. The molecule has 0 radical (unpaired) electrons. The predicted octanol–water partition coefficient (Wildman–Crippen LogP) is 6.79. The van der Waals surface area contributed by atoms with E-state index in [1.54, 1.807) is 6.08 Å². The van der Waals surface area contributed by atoms with Gasteiger partial charge in [0.25, 0.3) is 0 Å². The maximum absolute atomic E-state index is 5.67. The van der Waals surface area contributed by atoms with Crippen LogP contribution in [-0.2, 0) is 37.9 Å². The standard InChI is InChI=1S/C33H66O8/c1-3-5-6-7-8-9-10-11-12-13-14-15-16-17-19-35-21-23-37-25-27-39-29-31-41-33-32-40-30-28-38-26-24-36-22-20-34-18-4-2/h4H,2-3,5-33H2,1H3. The van der Waals surface area contributed by atoms with E-state index in [-0.39, 0.29) is 0 Å². The molecule has 41 heavy (non-hydrogen) atoms. The highest BCUT2D eigenvalue weighted by atomic mass is 16.6. The third-order valence-corrected chi connectivity index (χ3v) is 6.48. The first-order valence-electron chi connectivity index (χ1n) is 16.6. The molecule has 0 N–H and O–H groups in total. The third-order valence-electron chi connectivity index (χ3n) is 6.48. The van der Waals surface area contributed by atoms with Crippen molar-refractivity contribution in [2.45, 2.75) is 96.8 Å². The first-order valence-corrected chi connectivity index (χ1v) is 16.6. The van der Waals surface area contributed by atoms with Crippen molar-refractivity contribution < 1.29 is 37.9 Å². The molecule has 0 aliphatic rings. The van der Waals surface area contributed by atoms with Gasteiger partial charge in [-0.2, -0.15) is 0 Å². The minimum Gasteiger partial charge on any atom is -0.379 e. The van der Waals surface area contributed by atoms with Gasteiger partial charge in [-0.25, -0.2) is 0 Å². The molecule has 0 unspecified atom stereocenters. The van der Waals surface area contributed by atoms with Crippen LogP contribution < -0.4 is 0 Å². The SMILES string of the molecule is C=CCOCCOCCOCCOCCOCCOCCOCCOCCCCCCCCCCCCCCCC. The van der Waals surface area contributed by atoms with E-state index in [1.165, 1.54) is 83.5 Å². The van der Waals surface area contributed by atoms with Gasteiger partial charge in [-0.1, -0.05) is 96.5 Å². The molecule has 0 aliphatic carbocycles. The van der Waals surface area contributed by atoms with Crippen molar-refractivity contribution in [2.75, 3.05) is 106 Å². The Morgan fingerprint density at radius 3 is 0.854 bits per heavy atom. The van der Waals surface area contributed by atoms with Gasteiger partial charge in [0, 0.05) is 6.61 Å². The summed E-state index contributed by atoms with van der Waals surface area (Å²) in [5, 5.41) is 0. The van der Waals surface area contributed by atoms with Crippen LogP contribution in [0.15, 0.2) is 12.7 Å². The van der Waals surface area contributed by atoms with E-state index >= 15 is 0 Å². The molecular formula is C33H66O8. The average molecular weight is 591 g/mol. The van der Waals surface area contributed by atoms with Gasteiger partial charge in [0.2, 0.25) is 0 Å². The summed E-state index contributed by atoms with van der Waals surface area (Å²) in [6.07, 6.45) is 21.0. The molecule has 0 aromatic carbocycles. The van der Waals surface area contributed by atoms with Crippen molar-refractivity contribution in [2.24, 2.45) is 0 Å². The molecule has 0 spiro atoms. The zero-order valence-electron chi connectivity index (χ0n) is 26.8. The second-order valence-corrected chi connectivity index (χ2v) is 10.2. The molecule has 8 nitrogen and oxygen atoms in total. The van der Waals surface area contributed by atoms with Gasteiger partial charge < -0.3 is 37.9 Å². The van der Waals surface area contributed by atoms with Gasteiger partial charge in [0.15, 0.2) is 0 Å². The van der Waals surface area contributed by atoms with Gasteiger partial charge in [0.05, 0.1) is 99.1 Å². The molecular weight excluding hydrogens is 524 g/mol. The van der Waals surface area contributed by atoms with Crippen molar-refractivity contribution in [3.05, 3.63) is 12.7 Å². The number of hydrogen-bond donors (Lipinski definition) is 0. The molecule has 0 saturated heterocycles. The lowest BCUT2D eigenvalue weighted by Gasteiger charge is -2.08. The van der Waals surface area contributed by atoms with E-state index in [4.69, 9.17) is 37.9 Å². The van der Waals surface area contributed by atoms with Crippen LogP contribution in [0, 0.1) is 0 Å². The van der Waals surface area contributed by atoms with Crippen LogP contribution in [0.25, 0.3) is 0 Å². The van der Waals surface area contributed by atoms with Crippen molar-refractivity contribution in [1.82, 2.24) is 0 Å².